The van der Waals surface area contributed by atoms with Gasteiger partial charge in [-0.3, -0.25) is 9.59 Å². The van der Waals surface area contributed by atoms with Gasteiger partial charge in [0.1, 0.15) is 11.3 Å². The van der Waals surface area contributed by atoms with E-state index in [4.69, 9.17) is 9.15 Å². The molecule has 0 atom stereocenters. The predicted octanol–water partition coefficient (Wildman–Crippen LogP) is 6.06. The first-order valence-electron chi connectivity index (χ1n) is 11.9. The molecule has 186 valence electrons. The number of nitrogens with zero attached hydrogens (tertiary/aromatic N) is 2. The fraction of sp³-hybridized carbons (Fsp3) is 0.0667. The van der Waals surface area contributed by atoms with Crippen molar-refractivity contribution < 1.29 is 28.6 Å². The van der Waals surface area contributed by atoms with Crippen molar-refractivity contribution in [3.8, 4) is 28.3 Å². The zero-order valence-corrected chi connectivity index (χ0v) is 20.2. The van der Waals surface area contributed by atoms with Crippen LogP contribution in [0.15, 0.2) is 89.3 Å². The van der Waals surface area contributed by atoms with Crippen LogP contribution in [0.3, 0.4) is 0 Å². The molecule has 0 aliphatic carbocycles. The Balaban J connectivity index is 1.42. The van der Waals surface area contributed by atoms with Crippen LogP contribution >= 0.6 is 0 Å². The second kappa shape index (κ2) is 9.01. The summed E-state index contributed by atoms with van der Waals surface area (Å²) in [6, 6.07) is 24.6. The zero-order chi connectivity index (χ0) is 26.4. The van der Waals surface area contributed by atoms with Gasteiger partial charge in [0.25, 0.3) is 11.8 Å². The van der Waals surface area contributed by atoms with Crippen molar-refractivity contribution in [1.82, 2.24) is 4.98 Å². The third kappa shape index (κ3) is 3.79. The van der Waals surface area contributed by atoms with Crippen LogP contribution in [0.4, 0.5) is 5.69 Å². The summed E-state index contributed by atoms with van der Waals surface area (Å²) < 4.78 is 11.7. The molecule has 2 amide bonds. The number of anilines is 1. The molecule has 0 saturated heterocycles. The molecule has 0 radical (unpaired) electrons. The maximum absolute atomic E-state index is 13.3. The van der Waals surface area contributed by atoms with E-state index in [-0.39, 0.29) is 22.4 Å². The lowest BCUT2D eigenvalue weighted by atomic mass is 10.1. The Morgan fingerprint density at radius 3 is 2.39 bits per heavy atom. The highest BCUT2D eigenvalue weighted by atomic mass is 16.5. The van der Waals surface area contributed by atoms with Crippen LogP contribution in [0.25, 0.3) is 33.7 Å². The van der Waals surface area contributed by atoms with E-state index < -0.39 is 17.8 Å². The molecule has 8 nitrogen and oxygen atoms in total. The average molecular weight is 504 g/mol. The minimum atomic E-state index is -1.19. The average Bonchev–Trinajstić information content (AvgIpc) is 3.47. The number of amides is 2. The molecule has 4 aromatic carbocycles. The molecule has 2 heterocycles. The van der Waals surface area contributed by atoms with E-state index >= 15 is 0 Å². The lowest BCUT2D eigenvalue weighted by Gasteiger charge is -2.18. The van der Waals surface area contributed by atoms with Gasteiger partial charge in [0, 0.05) is 5.56 Å². The van der Waals surface area contributed by atoms with Crippen molar-refractivity contribution in [2.45, 2.75) is 6.92 Å². The number of benzene rings is 4. The Labute approximate surface area is 216 Å². The van der Waals surface area contributed by atoms with Gasteiger partial charge in [-0.15, -0.1) is 0 Å². The van der Waals surface area contributed by atoms with E-state index in [1.54, 1.807) is 25.1 Å². The maximum Gasteiger partial charge on any atom is 0.335 e. The quantitative estimate of drug-likeness (QED) is 0.280. The van der Waals surface area contributed by atoms with Crippen molar-refractivity contribution in [1.29, 1.82) is 0 Å². The summed E-state index contributed by atoms with van der Waals surface area (Å²) in [5.41, 5.74) is 4.16. The molecule has 0 fully saturated rings. The van der Waals surface area contributed by atoms with Crippen molar-refractivity contribution >= 4 is 34.6 Å². The minimum absolute atomic E-state index is 0.0260. The van der Waals surface area contributed by atoms with Gasteiger partial charge < -0.3 is 14.3 Å². The van der Waals surface area contributed by atoms with Crippen molar-refractivity contribution in [2.24, 2.45) is 0 Å². The Hall–Kier alpha value is -5.24. The third-order valence-electron chi connectivity index (χ3n) is 6.37. The number of aromatic carboxylic acids is 1. The van der Waals surface area contributed by atoms with Crippen LogP contribution in [-0.2, 0) is 0 Å². The topological polar surface area (TPSA) is 110 Å². The van der Waals surface area contributed by atoms with Crippen molar-refractivity contribution in [3.63, 3.8) is 0 Å². The highest BCUT2D eigenvalue weighted by Crippen LogP contribution is 2.39. The highest BCUT2D eigenvalue weighted by molar-refractivity contribution is 6.35. The summed E-state index contributed by atoms with van der Waals surface area (Å²) >= 11 is 0. The molecular weight excluding hydrogens is 484 g/mol. The number of carboxylic acid groups (broad SMARTS) is 1. The van der Waals surface area contributed by atoms with E-state index in [2.05, 4.69) is 4.98 Å². The molecule has 0 saturated carbocycles. The van der Waals surface area contributed by atoms with E-state index in [1.807, 2.05) is 48.5 Å². The third-order valence-corrected chi connectivity index (χ3v) is 6.37. The van der Waals surface area contributed by atoms with Gasteiger partial charge in [0.15, 0.2) is 5.58 Å². The Morgan fingerprint density at radius 1 is 0.868 bits per heavy atom. The molecule has 6 rings (SSSR count). The first kappa shape index (κ1) is 23.2. The van der Waals surface area contributed by atoms with E-state index in [1.165, 1.54) is 18.2 Å². The lowest BCUT2D eigenvalue weighted by Crippen LogP contribution is -2.30. The molecule has 1 aromatic heterocycles. The normalized spacial score (nSPS) is 12.7. The fourth-order valence-corrected chi connectivity index (χ4v) is 4.56. The number of rotatable bonds is 6. The molecular formula is C30H20N2O6. The zero-order valence-electron chi connectivity index (χ0n) is 20.2. The summed E-state index contributed by atoms with van der Waals surface area (Å²) in [6.07, 6.45) is 0. The Kier molecular flexibility index (Phi) is 5.49. The van der Waals surface area contributed by atoms with Crippen LogP contribution in [-0.4, -0.2) is 34.5 Å². The molecule has 0 spiro atoms. The van der Waals surface area contributed by atoms with Crippen molar-refractivity contribution in [3.05, 3.63) is 102 Å². The molecule has 38 heavy (non-hydrogen) atoms. The largest absolute Gasteiger partial charge is 0.492 e. The monoisotopic (exact) mass is 504 g/mol. The predicted molar refractivity (Wildman–Crippen MR) is 141 cm³/mol. The number of fused-ring (bicyclic) bond motifs is 2. The minimum Gasteiger partial charge on any atom is -0.492 e. The van der Waals surface area contributed by atoms with Crippen LogP contribution in [0.5, 0.6) is 5.75 Å². The number of hydrogen-bond acceptors (Lipinski definition) is 6. The van der Waals surface area contributed by atoms with Gasteiger partial charge in [-0.05, 0) is 66.6 Å². The maximum atomic E-state index is 13.3. The van der Waals surface area contributed by atoms with E-state index in [9.17, 15) is 19.5 Å². The summed E-state index contributed by atoms with van der Waals surface area (Å²) in [7, 11) is 0. The number of carboxylic acids is 1. The van der Waals surface area contributed by atoms with Gasteiger partial charge in [0.05, 0.1) is 29.0 Å². The number of carbonyl (C=O) groups excluding carboxylic acids is 2. The molecule has 0 unspecified atom stereocenters. The van der Waals surface area contributed by atoms with Gasteiger partial charge >= 0.3 is 5.97 Å². The number of carbonyl (C=O) groups is 3. The first-order valence-corrected chi connectivity index (χ1v) is 11.9. The van der Waals surface area contributed by atoms with Gasteiger partial charge in [-0.1, -0.05) is 36.4 Å². The van der Waals surface area contributed by atoms with Crippen LogP contribution in [0, 0.1) is 0 Å². The van der Waals surface area contributed by atoms with E-state index in [0.717, 1.165) is 16.0 Å². The number of oxazole rings is 1. The van der Waals surface area contributed by atoms with Crippen LogP contribution in [0.1, 0.15) is 38.0 Å². The van der Waals surface area contributed by atoms with E-state index in [0.29, 0.717) is 34.9 Å². The molecule has 1 N–H and O–H groups in total. The molecule has 0 bridgehead atoms. The van der Waals surface area contributed by atoms with Crippen molar-refractivity contribution in [2.75, 3.05) is 11.5 Å². The summed E-state index contributed by atoms with van der Waals surface area (Å²) in [5.74, 6) is -1.73. The van der Waals surface area contributed by atoms with Gasteiger partial charge in [-0.25, -0.2) is 14.7 Å². The summed E-state index contributed by atoms with van der Waals surface area (Å²) in [6.45, 7) is 2.11. The second-order valence-electron chi connectivity index (χ2n) is 8.69. The van der Waals surface area contributed by atoms with Crippen LogP contribution < -0.4 is 9.64 Å². The highest BCUT2D eigenvalue weighted by Gasteiger charge is 2.39. The van der Waals surface area contributed by atoms with Crippen LogP contribution in [0.2, 0.25) is 0 Å². The molecule has 5 aromatic rings. The molecule has 8 heteroatoms. The SMILES string of the molecule is CCOc1ccc(-c2nc3cc(-c4ccccc4)ccc3o2)cc1N1C(=O)c2ccc(C(=O)O)cc2C1=O. The Morgan fingerprint density at radius 2 is 1.63 bits per heavy atom. The Bertz CT molecular complexity index is 1760. The first-order chi connectivity index (χ1) is 18.4. The number of hydrogen-bond donors (Lipinski definition) is 1. The van der Waals surface area contributed by atoms with Gasteiger partial charge in [0.2, 0.25) is 5.89 Å². The van der Waals surface area contributed by atoms with Gasteiger partial charge in [-0.2, -0.15) is 0 Å². The molecule has 1 aliphatic heterocycles. The smallest absolute Gasteiger partial charge is 0.335 e. The number of aromatic nitrogens is 1. The molecule has 1 aliphatic rings. The number of imide groups is 1. The summed E-state index contributed by atoms with van der Waals surface area (Å²) in [4.78, 5) is 43.7. The number of ether oxygens (including phenoxy) is 1. The standard InChI is InChI=1S/C30H20N2O6/c1-2-37-26-13-10-19(27-31-23-15-18(9-12-25(23)38-27)17-6-4-3-5-7-17)16-24(26)32-28(33)21-11-8-20(30(35)36)14-22(21)29(32)34/h3-16H,2H2,1H3,(H,35,36). The summed E-state index contributed by atoms with van der Waals surface area (Å²) in [5, 5.41) is 9.32. The second-order valence-corrected chi connectivity index (χ2v) is 8.69. The fourth-order valence-electron chi connectivity index (χ4n) is 4.56. The lowest BCUT2D eigenvalue weighted by molar-refractivity contribution is 0.0696.